The first-order valence-electron chi connectivity index (χ1n) is 5.62. The molecule has 0 aliphatic heterocycles. The van der Waals surface area contributed by atoms with E-state index in [1.807, 2.05) is 0 Å². The molecule has 0 bridgehead atoms. The number of Topliss-reactive ketones (excluding diaryl/α,β-unsaturated/α-hetero) is 1. The average Bonchev–Trinajstić information content (AvgIpc) is 2.85. The number of ether oxygens (including phenoxy) is 1. The fraction of sp³-hybridized carbons (Fsp3) is 0.143. The second-order valence-corrected chi connectivity index (χ2v) is 5.11. The number of carbonyl (C=O) groups excluding carboxylic acids is 1. The van der Waals surface area contributed by atoms with Gasteiger partial charge in [0, 0.05) is 10.4 Å². The summed E-state index contributed by atoms with van der Waals surface area (Å²) in [5.41, 5.74) is 0.593. The van der Waals surface area contributed by atoms with Gasteiger partial charge in [0.15, 0.2) is 5.78 Å². The Labute approximate surface area is 114 Å². The van der Waals surface area contributed by atoms with E-state index in [1.54, 1.807) is 36.4 Å². The first-order chi connectivity index (χ1) is 9.06. The van der Waals surface area contributed by atoms with Gasteiger partial charge in [0.05, 0.1) is 0 Å². The van der Waals surface area contributed by atoms with Crippen LogP contribution in [0.4, 0.5) is 0 Å². The van der Waals surface area contributed by atoms with E-state index in [-0.39, 0.29) is 10.7 Å². The van der Waals surface area contributed by atoms with Crippen molar-refractivity contribution in [3.63, 3.8) is 0 Å². The maximum absolute atomic E-state index is 11.2. The highest BCUT2D eigenvalue weighted by Crippen LogP contribution is 2.20. The maximum Gasteiger partial charge on any atom is 0.345 e. The number of benzene rings is 1. The van der Waals surface area contributed by atoms with Crippen LogP contribution >= 0.6 is 11.3 Å². The second-order valence-electron chi connectivity index (χ2n) is 3.94. The molecule has 19 heavy (non-hydrogen) atoms. The summed E-state index contributed by atoms with van der Waals surface area (Å²) in [4.78, 5) is 23.1. The lowest BCUT2D eigenvalue weighted by Crippen LogP contribution is -1.96. The molecule has 0 spiro atoms. The number of thiophene rings is 1. The minimum atomic E-state index is -0.935. The fourth-order valence-electron chi connectivity index (χ4n) is 1.53. The summed E-state index contributed by atoms with van der Waals surface area (Å²) in [7, 11) is 0. The molecule has 2 aromatic rings. The largest absolute Gasteiger partial charge is 0.488 e. The highest BCUT2D eigenvalue weighted by molar-refractivity contribution is 7.13. The number of hydrogen-bond acceptors (Lipinski definition) is 4. The average molecular weight is 276 g/mol. The van der Waals surface area contributed by atoms with E-state index in [9.17, 15) is 9.59 Å². The molecule has 1 aromatic carbocycles. The van der Waals surface area contributed by atoms with Crippen molar-refractivity contribution in [3.8, 4) is 5.75 Å². The van der Waals surface area contributed by atoms with Gasteiger partial charge in [-0.2, -0.15) is 0 Å². The molecule has 5 heteroatoms. The van der Waals surface area contributed by atoms with Gasteiger partial charge in [0.25, 0.3) is 0 Å². The van der Waals surface area contributed by atoms with Crippen LogP contribution in [0.1, 0.15) is 31.8 Å². The zero-order chi connectivity index (χ0) is 13.8. The van der Waals surface area contributed by atoms with Gasteiger partial charge in [-0.05, 0) is 31.2 Å². The summed E-state index contributed by atoms with van der Waals surface area (Å²) >= 11 is 1.18. The van der Waals surface area contributed by atoms with Crippen LogP contribution in [0.15, 0.2) is 36.4 Å². The van der Waals surface area contributed by atoms with E-state index in [0.717, 1.165) is 4.88 Å². The normalized spacial score (nSPS) is 10.2. The maximum atomic E-state index is 11.2. The lowest BCUT2D eigenvalue weighted by Gasteiger charge is -2.05. The van der Waals surface area contributed by atoms with Gasteiger partial charge in [-0.1, -0.05) is 12.1 Å². The van der Waals surface area contributed by atoms with Crippen LogP contribution in [0.3, 0.4) is 0 Å². The molecule has 1 heterocycles. The summed E-state index contributed by atoms with van der Waals surface area (Å²) in [6.07, 6.45) is 0. The van der Waals surface area contributed by atoms with Crippen LogP contribution in [0, 0.1) is 0 Å². The van der Waals surface area contributed by atoms with Crippen molar-refractivity contribution >= 4 is 23.1 Å². The van der Waals surface area contributed by atoms with Gasteiger partial charge in [0.1, 0.15) is 17.2 Å². The highest BCUT2D eigenvalue weighted by Gasteiger charge is 2.07. The molecule has 1 N–H and O–H groups in total. The third-order valence-corrected chi connectivity index (χ3v) is 3.54. The van der Waals surface area contributed by atoms with Crippen LogP contribution in [-0.4, -0.2) is 16.9 Å². The fourth-order valence-corrected chi connectivity index (χ4v) is 2.29. The number of ketones is 1. The number of hydrogen-bond donors (Lipinski definition) is 1. The van der Waals surface area contributed by atoms with Crippen molar-refractivity contribution in [2.75, 3.05) is 0 Å². The summed E-state index contributed by atoms with van der Waals surface area (Å²) in [6.45, 7) is 1.79. The number of aromatic carboxylic acids is 1. The Balaban J connectivity index is 2.03. The minimum Gasteiger partial charge on any atom is -0.488 e. The van der Waals surface area contributed by atoms with E-state index >= 15 is 0 Å². The Bertz CT molecular complexity index is 615. The Morgan fingerprint density at radius 3 is 2.68 bits per heavy atom. The van der Waals surface area contributed by atoms with E-state index in [0.29, 0.717) is 17.9 Å². The van der Waals surface area contributed by atoms with Gasteiger partial charge in [-0.25, -0.2) is 4.79 Å². The van der Waals surface area contributed by atoms with Gasteiger partial charge in [0.2, 0.25) is 0 Å². The summed E-state index contributed by atoms with van der Waals surface area (Å²) < 4.78 is 5.54. The van der Waals surface area contributed by atoms with Crippen LogP contribution in [0.2, 0.25) is 0 Å². The molecule has 0 fully saturated rings. The van der Waals surface area contributed by atoms with Gasteiger partial charge in [-0.15, -0.1) is 11.3 Å². The lowest BCUT2D eigenvalue weighted by molar-refractivity contribution is 0.0702. The van der Waals surface area contributed by atoms with Crippen LogP contribution < -0.4 is 4.74 Å². The van der Waals surface area contributed by atoms with Crippen LogP contribution in [-0.2, 0) is 6.61 Å². The third kappa shape index (κ3) is 3.42. The molecule has 4 nitrogen and oxygen atoms in total. The molecule has 2 rings (SSSR count). The van der Waals surface area contributed by atoms with E-state index in [2.05, 4.69) is 0 Å². The monoisotopic (exact) mass is 276 g/mol. The second kappa shape index (κ2) is 5.67. The summed E-state index contributed by atoms with van der Waals surface area (Å²) in [6, 6.07) is 10.2. The summed E-state index contributed by atoms with van der Waals surface area (Å²) in [5, 5.41) is 8.81. The number of carboxylic acids is 1. The number of carbonyl (C=O) groups is 2. The quantitative estimate of drug-likeness (QED) is 0.852. The zero-order valence-electron chi connectivity index (χ0n) is 10.3. The van der Waals surface area contributed by atoms with Crippen LogP contribution in [0.5, 0.6) is 5.75 Å². The molecule has 0 radical (unpaired) electrons. The van der Waals surface area contributed by atoms with Crippen molar-refractivity contribution in [2.45, 2.75) is 13.5 Å². The smallest absolute Gasteiger partial charge is 0.345 e. The predicted octanol–water partition coefficient (Wildman–Crippen LogP) is 3.23. The minimum absolute atomic E-state index is 0.0188. The number of carboxylic acid groups (broad SMARTS) is 1. The molecule has 0 unspecified atom stereocenters. The molecule has 98 valence electrons. The topological polar surface area (TPSA) is 63.6 Å². The third-order valence-electron chi connectivity index (χ3n) is 2.49. The van der Waals surface area contributed by atoms with Gasteiger partial charge < -0.3 is 9.84 Å². The molecule has 0 amide bonds. The van der Waals surface area contributed by atoms with Crippen LogP contribution in [0.25, 0.3) is 0 Å². The number of rotatable bonds is 5. The standard InChI is InChI=1S/C14H12O4S/c1-9(15)10-3-2-4-11(7-10)18-8-12-5-6-13(19-12)14(16)17/h2-7H,8H2,1H3,(H,16,17). The Morgan fingerprint density at radius 1 is 1.26 bits per heavy atom. The van der Waals surface area contributed by atoms with Crippen molar-refractivity contribution < 1.29 is 19.4 Å². The molecular weight excluding hydrogens is 264 g/mol. The van der Waals surface area contributed by atoms with E-state index < -0.39 is 5.97 Å². The van der Waals surface area contributed by atoms with Crippen molar-refractivity contribution in [2.24, 2.45) is 0 Å². The van der Waals surface area contributed by atoms with E-state index in [1.165, 1.54) is 18.3 Å². The Hall–Kier alpha value is -2.14. The van der Waals surface area contributed by atoms with Crippen molar-refractivity contribution in [3.05, 3.63) is 51.7 Å². The molecule has 0 saturated carbocycles. The first kappa shape index (κ1) is 13.3. The Kier molecular flexibility index (Phi) is 3.97. The van der Waals surface area contributed by atoms with Crippen molar-refractivity contribution in [1.29, 1.82) is 0 Å². The van der Waals surface area contributed by atoms with E-state index in [4.69, 9.17) is 9.84 Å². The van der Waals surface area contributed by atoms with Gasteiger partial charge in [-0.3, -0.25) is 4.79 Å². The van der Waals surface area contributed by atoms with Gasteiger partial charge >= 0.3 is 5.97 Å². The first-order valence-corrected chi connectivity index (χ1v) is 6.44. The molecular formula is C14H12O4S. The molecule has 0 aliphatic rings. The zero-order valence-corrected chi connectivity index (χ0v) is 11.1. The molecule has 0 aliphatic carbocycles. The molecule has 0 saturated heterocycles. The molecule has 1 aromatic heterocycles. The predicted molar refractivity (Wildman–Crippen MR) is 72.1 cm³/mol. The lowest BCUT2D eigenvalue weighted by atomic mass is 10.1. The molecule has 0 atom stereocenters. The van der Waals surface area contributed by atoms with Crippen molar-refractivity contribution in [1.82, 2.24) is 0 Å². The summed E-state index contributed by atoms with van der Waals surface area (Å²) in [5.74, 6) is -0.359. The SMILES string of the molecule is CC(=O)c1cccc(OCc2ccc(C(=O)O)s2)c1. The Morgan fingerprint density at radius 2 is 2.05 bits per heavy atom. The highest BCUT2D eigenvalue weighted by atomic mass is 32.1.